The molecule has 1 aromatic carbocycles. The first-order chi connectivity index (χ1) is 17.6. The Balaban J connectivity index is 1.47. The van der Waals surface area contributed by atoms with Crippen molar-refractivity contribution in [3.8, 4) is 11.5 Å². The van der Waals surface area contributed by atoms with Crippen LogP contribution in [0, 0.1) is 0 Å². The van der Waals surface area contributed by atoms with Crippen LogP contribution in [0.4, 0.5) is 5.69 Å². The largest absolute Gasteiger partial charge is 0.486 e. The van der Waals surface area contributed by atoms with E-state index < -0.39 is 17.9 Å². The van der Waals surface area contributed by atoms with Gasteiger partial charge in [-0.1, -0.05) is 12.8 Å². The number of nitrogens with one attached hydrogen (secondary N) is 2. The SMILES string of the molecule is O=C(NCC(=O)N(c1ccc2c(c1)OCCO2)[C@@H](C(=O)NC1CCCC1)c1ccco1)c1ccco1. The molecule has 1 aliphatic heterocycles. The van der Waals surface area contributed by atoms with Gasteiger partial charge in [-0.3, -0.25) is 19.3 Å². The Hall–Kier alpha value is -4.21. The molecule has 1 fully saturated rings. The highest BCUT2D eigenvalue weighted by Crippen LogP contribution is 2.37. The molecule has 1 saturated carbocycles. The summed E-state index contributed by atoms with van der Waals surface area (Å²) in [4.78, 5) is 41.0. The lowest BCUT2D eigenvalue weighted by Crippen LogP contribution is -2.49. The van der Waals surface area contributed by atoms with Gasteiger partial charge < -0.3 is 28.9 Å². The minimum absolute atomic E-state index is 0.0332. The standard InChI is InChI=1S/C26H27N3O7/c30-23(16-27-25(31)21-8-4-12-34-21)29(18-9-10-19-22(15-18)36-14-13-35-19)24(20-7-3-11-33-20)26(32)28-17-5-1-2-6-17/h3-4,7-12,15,17,24H,1-2,5-6,13-14,16H2,(H,27,31)(H,28,32)/t24-/m1/s1. The number of nitrogens with zero attached hydrogens (tertiary/aromatic N) is 1. The number of amides is 3. The predicted molar refractivity (Wildman–Crippen MR) is 128 cm³/mol. The van der Waals surface area contributed by atoms with E-state index in [4.69, 9.17) is 18.3 Å². The summed E-state index contributed by atoms with van der Waals surface area (Å²) in [6, 6.07) is 10.4. The van der Waals surface area contributed by atoms with Crippen molar-refractivity contribution >= 4 is 23.4 Å². The fourth-order valence-corrected chi connectivity index (χ4v) is 4.53. The zero-order chi connectivity index (χ0) is 24.9. The van der Waals surface area contributed by atoms with Crippen molar-refractivity contribution < 1.29 is 32.7 Å². The van der Waals surface area contributed by atoms with Crippen LogP contribution in [-0.2, 0) is 9.59 Å². The van der Waals surface area contributed by atoms with Crippen LogP contribution in [0.3, 0.4) is 0 Å². The van der Waals surface area contributed by atoms with Gasteiger partial charge in [0.15, 0.2) is 23.3 Å². The maximum atomic E-state index is 13.7. The van der Waals surface area contributed by atoms with Crippen LogP contribution in [0.15, 0.2) is 63.8 Å². The molecule has 2 aromatic heterocycles. The third-order valence-electron chi connectivity index (χ3n) is 6.24. The summed E-state index contributed by atoms with van der Waals surface area (Å²) in [6.45, 7) is 0.419. The van der Waals surface area contributed by atoms with Gasteiger partial charge in [-0.05, 0) is 49.2 Å². The predicted octanol–water partition coefficient (Wildman–Crippen LogP) is 3.21. The van der Waals surface area contributed by atoms with E-state index in [-0.39, 0.29) is 24.3 Å². The van der Waals surface area contributed by atoms with Gasteiger partial charge in [0.1, 0.15) is 19.0 Å². The summed E-state index contributed by atoms with van der Waals surface area (Å²) in [5.74, 6) is -0.0344. The Morgan fingerprint density at radius 3 is 2.42 bits per heavy atom. The molecule has 2 aliphatic rings. The van der Waals surface area contributed by atoms with E-state index in [9.17, 15) is 14.4 Å². The zero-order valence-corrected chi connectivity index (χ0v) is 19.6. The molecule has 3 aromatic rings. The Labute approximate surface area is 207 Å². The van der Waals surface area contributed by atoms with Crippen LogP contribution < -0.4 is 25.0 Å². The lowest BCUT2D eigenvalue weighted by atomic mass is 10.1. The molecule has 2 N–H and O–H groups in total. The molecule has 0 bridgehead atoms. The first kappa shape index (κ1) is 23.5. The average molecular weight is 494 g/mol. The van der Waals surface area contributed by atoms with Crippen molar-refractivity contribution in [3.05, 3.63) is 66.5 Å². The number of carbonyl (C=O) groups excluding carboxylic acids is 3. The van der Waals surface area contributed by atoms with Crippen LogP contribution in [0.25, 0.3) is 0 Å². The van der Waals surface area contributed by atoms with E-state index in [2.05, 4.69) is 10.6 Å². The van der Waals surface area contributed by atoms with E-state index in [0.29, 0.717) is 36.2 Å². The monoisotopic (exact) mass is 493 g/mol. The number of ether oxygens (including phenoxy) is 2. The molecular weight excluding hydrogens is 466 g/mol. The van der Waals surface area contributed by atoms with Crippen LogP contribution in [-0.4, -0.2) is 43.5 Å². The van der Waals surface area contributed by atoms with Crippen molar-refractivity contribution in [1.82, 2.24) is 10.6 Å². The summed E-state index contributed by atoms with van der Waals surface area (Å²) >= 11 is 0. The first-order valence-electron chi connectivity index (χ1n) is 12.0. The van der Waals surface area contributed by atoms with Crippen molar-refractivity contribution in [2.45, 2.75) is 37.8 Å². The molecule has 1 aliphatic carbocycles. The highest BCUT2D eigenvalue weighted by molar-refractivity contribution is 6.04. The molecule has 0 saturated heterocycles. The zero-order valence-electron chi connectivity index (χ0n) is 19.6. The van der Waals surface area contributed by atoms with Gasteiger partial charge in [0.25, 0.3) is 11.8 Å². The van der Waals surface area contributed by atoms with Crippen LogP contribution in [0.5, 0.6) is 11.5 Å². The number of rotatable bonds is 8. The highest BCUT2D eigenvalue weighted by Gasteiger charge is 2.36. The average Bonchev–Trinajstić information content (AvgIpc) is 3.69. The molecule has 3 amide bonds. The van der Waals surface area contributed by atoms with Crippen molar-refractivity contribution in [2.24, 2.45) is 0 Å². The maximum absolute atomic E-state index is 13.7. The lowest BCUT2D eigenvalue weighted by molar-refractivity contribution is -0.127. The van der Waals surface area contributed by atoms with Gasteiger partial charge >= 0.3 is 0 Å². The summed E-state index contributed by atoms with van der Waals surface area (Å²) in [5, 5.41) is 5.64. The number of fused-ring (bicyclic) bond motifs is 1. The minimum Gasteiger partial charge on any atom is -0.486 e. The molecule has 3 heterocycles. The summed E-state index contributed by atoms with van der Waals surface area (Å²) in [5.41, 5.74) is 0.402. The normalized spacial score (nSPS) is 15.8. The maximum Gasteiger partial charge on any atom is 0.287 e. The lowest BCUT2D eigenvalue weighted by Gasteiger charge is -2.31. The Morgan fingerprint density at radius 2 is 1.69 bits per heavy atom. The molecule has 0 spiro atoms. The van der Waals surface area contributed by atoms with Crippen LogP contribution in [0.1, 0.15) is 48.0 Å². The smallest absolute Gasteiger partial charge is 0.287 e. The molecule has 0 radical (unpaired) electrons. The fourth-order valence-electron chi connectivity index (χ4n) is 4.53. The molecule has 0 unspecified atom stereocenters. The van der Waals surface area contributed by atoms with Gasteiger partial charge in [-0.25, -0.2) is 0 Å². The van der Waals surface area contributed by atoms with Crippen molar-refractivity contribution in [1.29, 1.82) is 0 Å². The quantitative estimate of drug-likeness (QED) is 0.494. The van der Waals surface area contributed by atoms with Crippen molar-refractivity contribution in [3.63, 3.8) is 0 Å². The number of hydrogen-bond donors (Lipinski definition) is 2. The molecule has 36 heavy (non-hydrogen) atoms. The van der Waals surface area contributed by atoms with E-state index in [1.807, 2.05) is 0 Å². The number of benzene rings is 1. The molecule has 1 atom stereocenters. The summed E-state index contributed by atoms with van der Waals surface area (Å²) in [7, 11) is 0. The summed E-state index contributed by atoms with van der Waals surface area (Å²) in [6.07, 6.45) is 6.68. The molecule has 10 nitrogen and oxygen atoms in total. The minimum atomic E-state index is -1.10. The number of furan rings is 2. The number of hydrogen-bond acceptors (Lipinski definition) is 7. The topological polar surface area (TPSA) is 123 Å². The second-order valence-corrected chi connectivity index (χ2v) is 8.66. The van der Waals surface area contributed by atoms with E-state index in [0.717, 1.165) is 25.7 Å². The van der Waals surface area contributed by atoms with Crippen LogP contribution >= 0.6 is 0 Å². The van der Waals surface area contributed by atoms with Gasteiger partial charge in [0.05, 0.1) is 19.1 Å². The third-order valence-corrected chi connectivity index (χ3v) is 6.24. The number of carbonyl (C=O) groups is 3. The fraction of sp³-hybridized carbons (Fsp3) is 0.346. The van der Waals surface area contributed by atoms with Gasteiger partial charge in [-0.2, -0.15) is 0 Å². The van der Waals surface area contributed by atoms with Gasteiger partial charge in [0, 0.05) is 17.8 Å². The Bertz CT molecular complexity index is 1200. The van der Waals surface area contributed by atoms with Crippen molar-refractivity contribution in [2.75, 3.05) is 24.7 Å². The molecular formula is C26H27N3O7. The van der Waals surface area contributed by atoms with Gasteiger partial charge in [0.2, 0.25) is 5.91 Å². The summed E-state index contributed by atoms with van der Waals surface area (Å²) < 4.78 is 22.1. The third kappa shape index (κ3) is 5.07. The molecule has 188 valence electrons. The van der Waals surface area contributed by atoms with E-state index >= 15 is 0 Å². The van der Waals surface area contributed by atoms with E-state index in [1.165, 1.54) is 23.5 Å². The first-order valence-corrected chi connectivity index (χ1v) is 12.0. The highest BCUT2D eigenvalue weighted by atomic mass is 16.6. The second-order valence-electron chi connectivity index (χ2n) is 8.66. The van der Waals surface area contributed by atoms with Gasteiger partial charge in [-0.15, -0.1) is 0 Å². The number of anilines is 1. The Kier molecular flexibility index (Phi) is 6.92. The molecule has 5 rings (SSSR count). The van der Waals surface area contributed by atoms with Crippen LogP contribution in [0.2, 0.25) is 0 Å². The second kappa shape index (κ2) is 10.6. The Morgan fingerprint density at radius 1 is 0.944 bits per heavy atom. The van der Waals surface area contributed by atoms with E-state index in [1.54, 1.807) is 36.4 Å². The molecule has 10 heteroatoms.